The van der Waals surface area contributed by atoms with Crippen molar-refractivity contribution < 1.29 is 4.79 Å². The van der Waals surface area contributed by atoms with Gasteiger partial charge in [0, 0.05) is 22.5 Å². The first-order valence-electron chi connectivity index (χ1n) is 7.47. The number of carbonyl (C=O) groups is 1. The van der Waals surface area contributed by atoms with Crippen molar-refractivity contribution in [2.45, 2.75) is 12.2 Å². The molecule has 1 N–H and O–H groups in total. The number of nitrogens with zero attached hydrogens (tertiary/aromatic N) is 2. The Morgan fingerprint density at radius 2 is 2.00 bits per heavy atom. The molecule has 0 bridgehead atoms. The van der Waals surface area contributed by atoms with Gasteiger partial charge in [-0.3, -0.25) is 4.90 Å². The molecule has 0 spiro atoms. The number of amides is 2. The number of aliphatic imine (C=N–C) groups is 1. The van der Waals surface area contributed by atoms with Crippen LogP contribution in [-0.2, 0) is 0 Å². The minimum absolute atomic E-state index is 0.248. The molecule has 1 aliphatic heterocycles. The Hall–Kier alpha value is -1.40. The lowest BCUT2D eigenvalue weighted by atomic mass is 10.3. The molecule has 1 saturated heterocycles. The average Bonchev–Trinajstić information content (AvgIpc) is 2.91. The van der Waals surface area contributed by atoms with E-state index in [0.717, 1.165) is 0 Å². The second kappa shape index (κ2) is 7.87. The maximum Gasteiger partial charge on any atom is 0.327 e. The second-order valence-electron chi connectivity index (χ2n) is 5.47. The van der Waals surface area contributed by atoms with Crippen LogP contribution in [0.1, 0.15) is 6.92 Å². The maximum atomic E-state index is 12.6. The van der Waals surface area contributed by atoms with Gasteiger partial charge in [-0.1, -0.05) is 59.6 Å². The summed E-state index contributed by atoms with van der Waals surface area (Å²) in [4.78, 5) is 18.8. The van der Waals surface area contributed by atoms with Crippen LogP contribution in [0, 0.1) is 0 Å². The van der Waals surface area contributed by atoms with Crippen molar-refractivity contribution in [3.8, 4) is 0 Å². The molecule has 25 heavy (non-hydrogen) atoms. The summed E-state index contributed by atoms with van der Waals surface area (Å²) in [6.07, 6.45) is 0. The normalized spacial score (nSPS) is 18.6. The van der Waals surface area contributed by atoms with Gasteiger partial charge >= 0.3 is 6.03 Å². The standard InChI is InChI=1S/C17H14Cl3N3OS/c1-10-9-23(16(24)21-13-5-6-14(19)15(20)8-13)17(25-10)22-12-4-2-3-11(18)7-12/h2-8,10H,9H2,1H3,(H,21,24)/t10-/m0/s1. The van der Waals surface area contributed by atoms with Crippen LogP contribution in [0.15, 0.2) is 47.5 Å². The number of anilines is 1. The van der Waals surface area contributed by atoms with Gasteiger partial charge in [0.1, 0.15) is 0 Å². The van der Waals surface area contributed by atoms with Gasteiger partial charge in [-0.25, -0.2) is 9.79 Å². The second-order valence-corrected chi connectivity index (χ2v) is 8.13. The van der Waals surface area contributed by atoms with E-state index in [-0.39, 0.29) is 11.3 Å². The predicted molar refractivity (Wildman–Crippen MR) is 108 cm³/mol. The number of amidine groups is 1. The van der Waals surface area contributed by atoms with E-state index >= 15 is 0 Å². The fraction of sp³-hybridized carbons (Fsp3) is 0.176. The van der Waals surface area contributed by atoms with Gasteiger partial charge in [-0.2, -0.15) is 0 Å². The summed E-state index contributed by atoms with van der Waals surface area (Å²) in [6.45, 7) is 2.61. The molecule has 0 aromatic heterocycles. The van der Waals surface area contributed by atoms with Crippen LogP contribution in [0.5, 0.6) is 0 Å². The summed E-state index contributed by atoms with van der Waals surface area (Å²) < 4.78 is 0. The van der Waals surface area contributed by atoms with E-state index in [0.29, 0.717) is 38.2 Å². The molecule has 1 fully saturated rings. The molecule has 4 nitrogen and oxygen atoms in total. The monoisotopic (exact) mass is 413 g/mol. The number of benzene rings is 2. The van der Waals surface area contributed by atoms with Crippen molar-refractivity contribution >= 4 is 69.1 Å². The highest BCUT2D eigenvalue weighted by molar-refractivity contribution is 8.14. The van der Waals surface area contributed by atoms with Gasteiger partial charge in [0.25, 0.3) is 0 Å². The Kier molecular flexibility index (Phi) is 5.79. The van der Waals surface area contributed by atoms with E-state index in [1.54, 1.807) is 47.0 Å². The summed E-state index contributed by atoms with van der Waals surface area (Å²) in [7, 11) is 0. The zero-order valence-corrected chi connectivity index (χ0v) is 16.3. The average molecular weight is 415 g/mol. The molecular weight excluding hydrogens is 401 g/mol. The number of nitrogens with one attached hydrogen (secondary N) is 1. The van der Waals surface area contributed by atoms with E-state index in [1.165, 1.54) is 0 Å². The molecule has 2 amide bonds. The molecular formula is C17H14Cl3N3OS. The third kappa shape index (κ3) is 4.61. The minimum Gasteiger partial charge on any atom is -0.307 e. The molecule has 2 aromatic carbocycles. The van der Waals surface area contributed by atoms with Crippen LogP contribution in [-0.4, -0.2) is 27.9 Å². The first kappa shape index (κ1) is 18.4. The van der Waals surface area contributed by atoms with Crippen LogP contribution < -0.4 is 5.32 Å². The lowest BCUT2D eigenvalue weighted by Gasteiger charge is -2.17. The molecule has 1 atom stereocenters. The van der Waals surface area contributed by atoms with Gasteiger partial charge in [-0.05, 0) is 36.4 Å². The number of thioether (sulfide) groups is 1. The zero-order valence-electron chi connectivity index (χ0n) is 13.2. The summed E-state index contributed by atoms with van der Waals surface area (Å²) >= 11 is 19.4. The highest BCUT2D eigenvalue weighted by Gasteiger charge is 2.31. The van der Waals surface area contributed by atoms with Crippen molar-refractivity contribution in [3.63, 3.8) is 0 Å². The summed E-state index contributed by atoms with van der Waals surface area (Å²) in [5, 5.41) is 5.13. The first-order valence-corrected chi connectivity index (χ1v) is 9.48. The van der Waals surface area contributed by atoms with E-state index in [2.05, 4.69) is 10.3 Å². The number of hydrogen-bond acceptors (Lipinski definition) is 3. The number of hydrogen-bond donors (Lipinski definition) is 1. The van der Waals surface area contributed by atoms with Crippen LogP contribution in [0.4, 0.5) is 16.2 Å². The van der Waals surface area contributed by atoms with Crippen molar-refractivity contribution in [2.75, 3.05) is 11.9 Å². The van der Waals surface area contributed by atoms with Gasteiger partial charge in [0.2, 0.25) is 0 Å². The number of rotatable bonds is 2. The Labute approximate surface area is 165 Å². The highest BCUT2D eigenvalue weighted by atomic mass is 35.5. The molecule has 0 unspecified atom stereocenters. The fourth-order valence-corrected chi connectivity index (χ4v) is 3.80. The SMILES string of the molecule is C[C@H]1CN(C(=O)Nc2ccc(Cl)c(Cl)c2)C(=Nc2cccc(Cl)c2)S1. The van der Waals surface area contributed by atoms with Gasteiger partial charge < -0.3 is 5.32 Å². The highest BCUT2D eigenvalue weighted by Crippen LogP contribution is 2.30. The van der Waals surface area contributed by atoms with Crippen molar-refractivity contribution in [2.24, 2.45) is 4.99 Å². The molecule has 8 heteroatoms. The first-order chi connectivity index (χ1) is 11.9. The molecule has 1 heterocycles. The number of urea groups is 1. The predicted octanol–water partition coefficient (Wildman–Crippen LogP) is 6.30. The van der Waals surface area contributed by atoms with Gasteiger partial charge in [0.05, 0.1) is 15.7 Å². The number of carbonyl (C=O) groups excluding carboxylic acids is 1. The lowest BCUT2D eigenvalue weighted by Crippen LogP contribution is -2.36. The third-order valence-corrected chi connectivity index (χ3v) is 5.47. The van der Waals surface area contributed by atoms with Gasteiger partial charge in [-0.15, -0.1) is 0 Å². The van der Waals surface area contributed by atoms with E-state index in [9.17, 15) is 4.79 Å². The third-order valence-electron chi connectivity index (χ3n) is 3.43. The fourth-order valence-electron chi connectivity index (χ4n) is 2.29. The van der Waals surface area contributed by atoms with Crippen molar-refractivity contribution in [1.29, 1.82) is 0 Å². The molecule has 3 rings (SSSR count). The molecule has 2 aromatic rings. The molecule has 130 valence electrons. The van der Waals surface area contributed by atoms with Crippen LogP contribution in [0.2, 0.25) is 15.1 Å². The van der Waals surface area contributed by atoms with E-state index in [1.807, 2.05) is 19.1 Å². The summed E-state index contributed by atoms with van der Waals surface area (Å²) in [5.74, 6) is 0. The topological polar surface area (TPSA) is 44.7 Å². The Bertz CT molecular complexity index is 844. The summed E-state index contributed by atoms with van der Waals surface area (Å²) in [5.41, 5.74) is 1.28. The quantitative estimate of drug-likeness (QED) is 0.626. The molecule has 0 saturated carbocycles. The Balaban J connectivity index is 1.81. The molecule has 0 radical (unpaired) electrons. The van der Waals surface area contributed by atoms with E-state index < -0.39 is 0 Å². The summed E-state index contributed by atoms with van der Waals surface area (Å²) in [6, 6.07) is 11.9. The van der Waals surface area contributed by atoms with Crippen LogP contribution in [0.3, 0.4) is 0 Å². The maximum absolute atomic E-state index is 12.6. The Morgan fingerprint density at radius 3 is 2.72 bits per heavy atom. The largest absolute Gasteiger partial charge is 0.327 e. The smallest absolute Gasteiger partial charge is 0.307 e. The van der Waals surface area contributed by atoms with Gasteiger partial charge in [0.15, 0.2) is 5.17 Å². The Morgan fingerprint density at radius 1 is 1.20 bits per heavy atom. The minimum atomic E-state index is -0.268. The van der Waals surface area contributed by atoms with Crippen LogP contribution >= 0.6 is 46.6 Å². The van der Waals surface area contributed by atoms with Crippen molar-refractivity contribution in [1.82, 2.24) is 4.90 Å². The lowest BCUT2D eigenvalue weighted by molar-refractivity contribution is 0.235. The van der Waals surface area contributed by atoms with Crippen molar-refractivity contribution in [3.05, 3.63) is 57.5 Å². The molecule has 0 aliphatic carbocycles. The molecule has 1 aliphatic rings. The number of halogens is 3. The van der Waals surface area contributed by atoms with E-state index in [4.69, 9.17) is 34.8 Å². The van der Waals surface area contributed by atoms with Crippen LogP contribution in [0.25, 0.3) is 0 Å². The zero-order chi connectivity index (χ0) is 18.0.